The first-order valence-corrected chi connectivity index (χ1v) is 25.1. The van der Waals surface area contributed by atoms with Gasteiger partial charge in [0.1, 0.15) is 31.4 Å². The maximum Gasteiger partial charge on any atom is 1.00 e. The van der Waals surface area contributed by atoms with Crippen LogP contribution in [0.25, 0.3) is 16.6 Å². The van der Waals surface area contributed by atoms with Gasteiger partial charge in [-0.1, -0.05) is 89.7 Å². The molecule has 9 rings (SSSR count). The maximum atomic E-state index is 15.3. The molecule has 15 nitrogen and oxygen atoms in total. The Morgan fingerprint density at radius 1 is 0.838 bits per heavy atom. The predicted molar refractivity (Wildman–Crippen MR) is 285 cm³/mol. The largest absolute Gasteiger partial charge is 1.00 e. The molecule has 0 amide bonds. The van der Waals surface area contributed by atoms with E-state index in [0.717, 1.165) is 40.6 Å². The summed E-state index contributed by atoms with van der Waals surface area (Å²) in [5.74, 6) is -1.95. The van der Waals surface area contributed by atoms with Crippen molar-refractivity contribution in [3.8, 4) is 5.69 Å². The third kappa shape index (κ3) is 17.4. The number of H-pyrrole nitrogens is 1. The van der Waals surface area contributed by atoms with Gasteiger partial charge in [-0.3, -0.25) is 4.68 Å². The van der Waals surface area contributed by atoms with Gasteiger partial charge in [-0.25, -0.2) is 33.7 Å². The van der Waals surface area contributed by atoms with Crippen molar-refractivity contribution in [3.05, 3.63) is 187 Å². The number of carboxylic acid groups (broad SMARTS) is 1. The van der Waals surface area contributed by atoms with Crippen molar-refractivity contribution in [2.75, 3.05) is 21.3 Å². The maximum absolute atomic E-state index is 15.3. The number of carbonyl (C=O) groups excluding carboxylic acids is 4. The zero-order chi connectivity index (χ0) is 53.2. The minimum absolute atomic E-state index is 0. The Morgan fingerprint density at radius 3 is 2.00 bits per heavy atom. The quantitative estimate of drug-likeness (QED) is 0.0332. The topological polar surface area (TPSA) is 196 Å². The number of carbonyl (C=O) groups is 4. The second kappa shape index (κ2) is 30.0. The number of aromatic nitrogens is 7. The van der Waals surface area contributed by atoms with Crippen LogP contribution in [0.5, 0.6) is 0 Å². The molecule has 22 heteroatoms. The third-order valence-electron chi connectivity index (χ3n) is 10.2. The number of thiol groups is 1. The van der Waals surface area contributed by atoms with Gasteiger partial charge in [0.15, 0.2) is 5.82 Å². The molecule has 6 heterocycles. The summed E-state index contributed by atoms with van der Waals surface area (Å²) in [5.41, 5.74) is 6.42. The van der Waals surface area contributed by atoms with Crippen LogP contribution in [0, 0.1) is 24.3 Å². The first kappa shape index (κ1) is 60.8. The van der Waals surface area contributed by atoms with E-state index < -0.39 is 29.7 Å². The number of rotatable bonds is 10. The van der Waals surface area contributed by atoms with Crippen LogP contribution < -0.4 is 34.7 Å². The van der Waals surface area contributed by atoms with Gasteiger partial charge in [-0.2, -0.15) is 17.7 Å². The van der Waals surface area contributed by atoms with Crippen LogP contribution in [0.2, 0.25) is 5.02 Å². The molecule has 1 aliphatic rings. The van der Waals surface area contributed by atoms with Gasteiger partial charge in [0, 0.05) is 46.1 Å². The number of aromatic carboxylic acids is 1. The number of carboxylic acids is 1. The summed E-state index contributed by atoms with van der Waals surface area (Å²) in [6.45, 7) is 6.60. The molecule has 0 spiro atoms. The van der Waals surface area contributed by atoms with Crippen molar-refractivity contribution in [1.29, 1.82) is 0 Å². The standard InChI is InChI=1S/C22H18ClFN4O2S.C8H9NO2.C8H10S.C7H6BrNO2.C7H7NO2S.Na/c1-2-27-11-13(10-25-27)28-19(12-6-7-12)21(14-8-9-15(23)18(24)20(14)28)31-17-5-3-4-16(26-17)22(29)30;1-6-4-3-5-7(9-6)8(10)11-2;1-7-2-4-8(6-9)5-3-7;1-11-7(10)5-3-2-4-6(8)9-5;1-10-7(9)5-3-2-4-6(11)8-5;/h3-5,8-12H,2,6-7H2,1H3,(H,29,30);3-5H,1-2H3;2-5,9H,6H2,1H3;2-4H,1H3;2-4H,1H3,(H,8,11);/q;;;;;+1/p-1. The molecule has 0 radical (unpaired) electrons. The van der Waals surface area contributed by atoms with Gasteiger partial charge in [0.05, 0.1) is 55.4 Å². The van der Waals surface area contributed by atoms with Gasteiger partial charge in [-0.05, 0) is 116 Å². The summed E-state index contributed by atoms with van der Waals surface area (Å²) in [6.07, 6.45) is 5.59. The summed E-state index contributed by atoms with van der Waals surface area (Å²) in [4.78, 5) is 59.4. The molecule has 380 valence electrons. The summed E-state index contributed by atoms with van der Waals surface area (Å²) in [7, 11) is 3.99. The molecule has 1 saturated carbocycles. The number of benzene rings is 2. The Hall–Kier alpha value is -5.71. The minimum atomic E-state index is -1.34. The normalized spacial score (nSPS) is 11.1. The van der Waals surface area contributed by atoms with Crippen LogP contribution in [-0.4, -0.2) is 79.5 Å². The van der Waals surface area contributed by atoms with Gasteiger partial charge < -0.3 is 33.7 Å². The number of methoxy groups -OCH3 is 3. The molecule has 2 aromatic carbocycles. The van der Waals surface area contributed by atoms with E-state index in [1.54, 1.807) is 83.7 Å². The van der Waals surface area contributed by atoms with E-state index in [2.05, 4.69) is 99.0 Å². The Morgan fingerprint density at radius 2 is 1.45 bits per heavy atom. The molecule has 1 fully saturated rings. The van der Waals surface area contributed by atoms with Crippen molar-refractivity contribution in [2.24, 2.45) is 0 Å². The summed E-state index contributed by atoms with van der Waals surface area (Å²) in [5, 5.41) is 16.9. The van der Waals surface area contributed by atoms with Crippen LogP contribution in [0.1, 0.15) is 90.2 Å². The van der Waals surface area contributed by atoms with Gasteiger partial charge in [0.2, 0.25) is 0 Å². The Kier molecular flexibility index (Phi) is 24.7. The second-order valence-corrected chi connectivity index (χ2v) is 18.4. The van der Waals surface area contributed by atoms with E-state index in [0.29, 0.717) is 48.8 Å². The molecule has 0 aliphatic heterocycles. The Bertz CT molecular complexity index is 3210. The average Bonchev–Trinajstić information content (AvgIpc) is 4.04. The number of esters is 3. The average molecular weight is 1150 g/mol. The van der Waals surface area contributed by atoms with Gasteiger partial charge in [-0.15, -0.1) is 0 Å². The fourth-order valence-corrected chi connectivity index (χ4v) is 8.52. The number of fused-ring (bicyclic) bond motifs is 1. The summed E-state index contributed by atoms with van der Waals surface area (Å²) < 4.78 is 33.6. The molecule has 0 unspecified atom stereocenters. The first-order chi connectivity index (χ1) is 35.0. The number of halogens is 3. The first-order valence-electron chi connectivity index (χ1n) is 22.1. The number of hydrogen-bond acceptors (Lipinski definition) is 15. The second-order valence-electron chi connectivity index (χ2n) is 15.4. The Balaban J connectivity index is 0.000000227. The molecular weight excluding hydrogens is 1100 g/mol. The van der Waals surface area contributed by atoms with Crippen molar-refractivity contribution in [3.63, 3.8) is 0 Å². The zero-order valence-electron chi connectivity index (χ0n) is 41.3. The van der Waals surface area contributed by atoms with Crippen molar-refractivity contribution in [1.82, 2.24) is 34.3 Å². The smallest absolute Gasteiger partial charge is 0.543 e. The van der Waals surface area contributed by atoms with Crippen LogP contribution >= 0.6 is 64.1 Å². The Labute approximate surface area is 477 Å². The summed E-state index contributed by atoms with van der Waals surface area (Å²) >= 11 is 19.6. The molecule has 0 bridgehead atoms. The third-order valence-corrected chi connectivity index (χ3v) is 12.6. The van der Waals surface area contributed by atoms with E-state index in [1.165, 1.54) is 50.3 Å². The van der Waals surface area contributed by atoms with Crippen molar-refractivity contribution >= 4 is 98.9 Å². The fourth-order valence-electron chi connectivity index (χ4n) is 6.49. The van der Waals surface area contributed by atoms with Crippen LogP contribution in [-0.2, 0) is 26.5 Å². The van der Waals surface area contributed by atoms with Crippen LogP contribution in [0.15, 0.2) is 136 Å². The van der Waals surface area contributed by atoms with Crippen molar-refractivity contribution in [2.45, 2.75) is 61.7 Å². The summed E-state index contributed by atoms with van der Waals surface area (Å²) in [6, 6.07) is 31.8. The van der Waals surface area contributed by atoms with Crippen LogP contribution in [0.4, 0.5) is 4.39 Å². The van der Waals surface area contributed by atoms with Gasteiger partial charge in [0.25, 0.3) is 0 Å². The number of aromatic amines is 1. The van der Waals surface area contributed by atoms with E-state index >= 15 is 4.39 Å². The predicted octanol–water partition coefficient (Wildman–Crippen LogP) is 8.19. The fraction of sp³-hybridized carbons (Fsp3) is 0.212. The number of aryl methyl sites for hydroxylation is 3. The minimum Gasteiger partial charge on any atom is -0.543 e. The van der Waals surface area contributed by atoms with Gasteiger partial charge >= 0.3 is 47.5 Å². The van der Waals surface area contributed by atoms with E-state index in [-0.39, 0.29) is 46.2 Å². The molecule has 1 N–H and O–H groups in total. The van der Waals surface area contributed by atoms with E-state index in [4.69, 9.17) is 23.8 Å². The number of pyridine rings is 4. The van der Waals surface area contributed by atoms with Crippen LogP contribution in [0.3, 0.4) is 0 Å². The molecule has 8 aromatic rings. The number of nitrogens with one attached hydrogen (secondary N) is 1. The molecule has 6 aromatic heterocycles. The monoisotopic (exact) mass is 1150 g/mol. The number of ether oxygens (including phenoxy) is 3. The van der Waals surface area contributed by atoms with E-state index in [1.807, 2.05) is 30.7 Å². The number of nitrogens with zero attached hydrogens (tertiary/aromatic N) is 6. The molecule has 0 saturated heterocycles. The zero-order valence-corrected chi connectivity index (χ0v) is 48.2. The number of hydrogen-bond donors (Lipinski definition) is 2. The molecule has 1 aliphatic carbocycles. The SMILES string of the molecule is CCn1cc(-n2c(C3CC3)c(Sc3cccc(C(=O)[O-])n3)c3ccc(Cl)c(F)c32)cn1.COC(=O)c1cccc(=S)[nH]1.COC(=O)c1cccc(Br)n1.COC(=O)c1cccc(C)n1.Cc1ccc(CS)cc1.[Na+]. The molecule has 0 atom stereocenters. The van der Waals surface area contributed by atoms with E-state index in [9.17, 15) is 24.3 Å². The molecule has 74 heavy (non-hydrogen) atoms. The molecular formula is C52H49BrClFN7NaO8S3. The van der Waals surface area contributed by atoms with Crippen molar-refractivity contribution < 1.29 is 72.4 Å².